The monoisotopic (exact) mass is 404 g/mol. The minimum absolute atomic E-state index is 0.141. The van der Waals surface area contributed by atoms with Crippen molar-refractivity contribution in [2.24, 2.45) is 0 Å². The van der Waals surface area contributed by atoms with Crippen molar-refractivity contribution in [3.63, 3.8) is 0 Å². The maximum Gasteiger partial charge on any atom is 0.243 e. The quantitative estimate of drug-likeness (QED) is 0.480. The third-order valence-electron chi connectivity index (χ3n) is 5.20. The maximum atomic E-state index is 12.5. The number of carbonyl (C=O) groups is 1. The molecular formula is C24H24N2O4. The van der Waals surface area contributed by atoms with E-state index in [0.717, 1.165) is 12.1 Å². The van der Waals surface area contributed by atoms with E-state index in [2.05, 4.69) is 47.0 Å². The molecule has 154 valence electrons. The van der Waals surface area contributed by atoms with Gasteiger partial charge in [0.25, 0.3) is 0 Å². The van der Waals surface area contributed by atoms with E-state index < -0.39 is 0 Å². The SMILES string of the molecule is COc1cc(NC(=O)CNc2ccc3c(c2)Cc2ccccc2-3)cc(OC)c1OC. The fraction of sp³-hybridized carbons (Fsp3) is 0.208. The van der Waals surface area contributed by atoms with Crippen molar-refractivity contribution >= 4 is 17.3 Å². The summed E-state index contributed by atoms with van der Waals surface area (Å²) in [4.78, 5) is 12.5. The van der Waals surface area contributed by atoms with Gasteiger partial charge in [-0.15, -0.1) is 0 Å². The molecule has 0 unspecified atom stereocenters. The molecule has 6 heteroatoms. The maximum absolute atomic E-state index is 12.5. The van der Waals surface area contributed by atoms with E-state index in [1.807, 2.05) is 6.07 Å². The normalized spacial score (nSPS) is 11.3. The lowest BCUT2D eigenvalue weighted by Crippen LogP contribution is -2.21. The van der Waals surface area contributed by atoms with Crippen LogP contribution in [-0.2, 0) is 11.2 Å². The Labute approximate surface area is 175 Å². The second-order valence-electron chi connectivity index (χ2n) is 7.02. The number of ether oxygens (including phenoxy) is 3. The Bertz CT molecular complexity index is 1070. The zero-order valence-corrected chi connectivity index (χ0v) is 17.2. The Morgan fingerprint density at radius 2 is 1.53 bits per heavy atom. The molecule has 4 rings (SSSR count). The highest BCUT2D eigenvalue weighted by atomic mass is 16.5. The van der Waals surface area contributed by atoms with E-state index in [1.54, 1.807) is 12.1 Å². The number of amides is 1. The van der Waals surface area contributed by atoms with Crippen molar-refractivity contribution in [2.75, 3.05) is 38.5 Å². The molecular weight excluding hydrogens is 380 g/mol. The van der Waals surface area contributed by atoms with Gasteiger partial charge in [0.1, 0.15) is 0 Å². The smallest absolute Gasteiger partial charge is 0.243 e. The molecule has 0 heterocycles. The molecule has 0 aliphatic heterocycles. The van der Waals surface area contributed by atoms with E-state index in [-0.39, 0.29) is 12.5 Å². The van der Waals surface area contributed by atoms with Crippen LogP contribution in [-0.4, -0.2) is 33.8 Å². The number of anilines is 2. The summed E-state index contributed by atoms with van der Waals surface area (Å²) >= 11 is 0. The molecule has 0 radical (unpaired) electrons. The van der Waals surface area contributed by atoms with Crippen molar-refractivity contribution in [1.82, 2.24) is 0 Å². The molecule has 30 heavy (non-hydrogen) atoms. The lowest BCUT2D eigenvalue weighted by molar-refractivity contribution is -0.114. The molecule has 0 atom stereocenters. The summed E-state index contributed by atoms with van der Waals surface area (Å²) in [5.74, 6) is 1.28. The van der Waals surface area contributed by atoms with Crippen LogP contribution in [0, 0.1) is 0 Å². The zero-order valence-electron chi connectivity index (χ0n) is 17.2. The first-order valence-corrected chi connectivity index (χ1v) is 9.68. The van der Waals surface area contributed by atoms with Crippen LogP contribution in [0.3, 0.4) is 0 Å². The van der Waals surface area contributed by atoms with E-state index >= 15 is 0 Å². The summed E-state index contributed by atoms with van der Waals surface area (Å²) in [5.41, 5.74) is 6.65. The second kappa shape index (κ2) is 8.37. The predicted molar refractivity (Wildman–Crippen MR) is 118 cm³/mol. The molecule has 1 aliphatic carbocycles. The van der Waals surface area contributed by atoms with Gasteiger partial charge in [0.05, 0.1) is 27.9 Å². The van der Waals surface area contributed by atoms with Gasteiger partial charge in [-0.25, -0.2) is 0 Å². The van der Waals surface area contributed by atoms with Crippen LogP contribution in [0.2, 0.25) is 0 Å². The largest absolute Gasteiger partial charge is 0.493 e. The number of fused-ring (bicyclic) bond motifs is 3. The lowest BCUT2D eigenvalue weighted by Gasteiger charge is -2.15. The molecule has 3 aromatic rings. The molecule has 1 amide bonds. The van der Waals surface area contributed by atoms with E-state index in [9.17, 15) is 4.79 Å². The van der Waals surface area contributed by atoms with Crippen molar-refractivity contribution < 1.29 is 19.0 Å². The van der Waals surface area contributed by atoms with Gasteiger partial charge in [-0.1, -0.05) is 30.3 Å². The predicted octanol–water partition coefficient (Wildman–Crippen LogP) is 4.33. The number of nitrogens with one attached hydrogen (secondary N) is 2. The van der Waals surface area contributed by atoms with Gasteiger partial charge in [0.15, 0.2) is 11.5 Å². The molecule has 1 aliphatic rings. The van der Waals surface area contributed by atoms with Crippen LogP contribution in [0.1, 0.15) is 11.1 Å². The Morgan fingerprint density at radius 3 is 2.23 bits per heavy atom. The van der Waals surface area contributed by atoms with Crippen LogP contribution in [0.15, 0.2) is 54.6 Å². The highest BCUT2D eigenvalue weighted by molar-refractivity contribution is 5.94. The summed E-state index contributed by atoms with van der Waals surface area (Å²) < 4.78 is 16.0. The molecule has 0 bridgehead atoms. The minimum atomic E-state index is -0.173. The fourth-order valence-electron chi connectivity index (χ4n) is 3.80. The van der Waals surface area contributed by atoms with Crippen LogP contribution in [0.5, 0.6) is 17.2 Å². The van der Waals surface area contributed by atoms with Crippen LogP contribution >= 0.6 is 0 Å². The average molecular weight is 404 g/mol. The van der Waals surface area contributed by atoms with Gasteiger partial charge >= 0.3 is 0 Å². The summed E-state index contributed by atoms with van der Waals surface area (Å²) in [6.07, 6.45) is 0.915. The summed E-state index contributed by atoms with van der Waals surface area (Å²) in [7, 11) is 4.62. The molecule has 0 aromatic heterocycles. The Hall–Kier alpha value is -3.67. The Morgan fingerprint density at radius 1 is 0.833 bits per heavy atom. The van der Waals surface area contributed by atoms with Gasteiger partial charge in [-0.3, -0.25) is 4.79 Å². The number of carbonyl (C=O) groups excluding carboxylic acids is 1. The molecule has 2 N–H and O–H groups in total. The zero-order chi connectivity index (χ0) is 21.1. The standard InChI is InChI=1S/C24H24N2O4/c1-28-21-12-18(13-22(29-2)24(21)30-3)26-23(27)14-25-17-8-9-20-16(11-17)10-15-6-4-5-7-19(15)20/h4-9,11-13,25H,10,14H2,1-3H3,(H,26,27). The minimum Gasteiger partial charge on any atom is -0.493 e. The van der Waals surface area contributed by atoms with Crippen molar-refractivity contribution in [1.29, 1.82) is 0 Å². The van der Waals surface area contributed by atoms with Gasteiger partial charge in [-0.05, 0) is 40.8 Å². The van der Waals surface area contributed by atoms with E-state index in [4.69, 9.17) is 14.2 Å². The summed E-state index contributed by atoms with van der Waals surface area (Å²) in [6.45, 7) is 0.141. The molecule has 6 nitrogen and oxygen atoms in total. The van der Waals surface area contributed by atoms with Gasteiger partial charge in [-0.2, -0.15) is 0 Å². The average Bonchev–Trinajstić information content (AvgIpc) is 3.14. The third-order valence-corrected chi connectivity index (χ3v) is 5.20. The number of hydrogen-bond acceptors (Lipinski definition) is 5. The second-order valence-corrected chi connectivity index (χ2v) is 7.02. The van der Waals surface area contributed by atoms with Crippen molar-refractivity contribution in [3.05, 3.63) is 65.7 Å². The van der Waals surface area contributed by atoms with Crippen LogP contribution in [0.25, 0.3) is 11.1 Å². The number of hydrogen-bond donors (Lipinski definition) is 2. The Balaban J connectivity index is 1.42. The molecule has 0 spiro atoms. The first-order chi connectivity index (χ1) is 14.6. The first kappa shape index (κ1) is 19.6. The topological polar surface area (TPSA) is 68.8 Å². The number of rotatable bonds is 7. The molecule has 0 saturated carbocycles. The lowest BCUT2D eigenvalue weighted by atomic mass is 10.1. The first-order valence-electron chi connectivity index (χ1n) is 9.68. The third kappa shape index (κ3) is 3.76. The summed E-state index contributed by atoms with van der Waals surface area (Å²) in [6, 6.07) is 18.1. The van der Waals surface area contributed by atoms with E-state index in [1.165, 1.54) is 43.6 Å². The van der Waals surface area contributed by atoms with E-state index in [0.29, 0.717) is 22.9 Å². The molecule has 0 saturated heterocycles. The molecule has 0 fully saturated rings. The highest BCUT2D eigenvalue weighted by Gasteiger charge is 2.18. The molecule has 3 aromatic carbocycles. The number of methoxy groups -OCH3 is 3. The number of benzene rings is 3. The highest BCUT2D eigenvalue weighted by Crippen LogP contribution is 2.40. The van der Waals surface area contributed by atoms with Gasteiger partial charge in [0.2, 0.25) is 11.7 Å². The van der Waals surface area contributed by atoms with Gasteiger partial charge in [0, 0.05) is 23.5 Å². The fourth-order valence-corrected chi connectivity index (χ4v) is 3.80. The van der Waals surface area contributed by atoms with Crippen molar-refractivity contribution in [2.45, 2.75) is 6.42 Å². The Kier molecular flexibility index (Phi) is 5.48. The van der Waals surface area contributed by atoms with Crippen LogP contribution < -0.4 is 24.8 Å². The van der Waals surface area contributed by atoms with Gasteiger partial charge < -0.3 is 24.8 Å². The summed E-state index contributed by atoms with van der Waals surface area (Å²) in [5, 5.41) is 6.06. The van der Waals surface area contributed by atoms with Crippen LogP contribution in [0.4, 0.5) is 11.4 Å². The van der Waals surface area contributed by atoms with Crippen molar-refractivity contribution in [3.8, 4) is 28.4 Å².